The SMILES string of the molecule is O=S(=O)(OCC1(COS(=O)(=O)C(F)(F)F)CC2CC2C1)C(F)(F)F. The van der Waals surface area contributed by atoms with E-state index in [0.717, 1.165) is 0 Å². The van der Waals surface area contributed by atoms with Crippen molar-refractivity contribution in [3.05, 3.63) is 0 Å². The van der Waals surface area contributed by atoms with Crippen molar-refractivity contribution in [3.63, 3.8) is 0 Å². The Balaban J connectivity index is 2.09. The highest BCUT2D eigenvalue weighted by Crippen LogP contribution is 2.60. The predicted molar refractivity (Wildman–Crippen MR) is 65.1 cm³/mol. The van der Waals surface area contributed by atoms with Gasteiger partial charge in [0.05, 0.1) is 13.2 Å². The highest BCUT2D eigenvalue weighted by atomic mass is 32.2. The smallest absolute Gasteiger partial charge is 0.262 e. The molecule has 0 spiro atoms. The van der Waals surface area contributed by atoms with Crippen molar-refractivity contribution in [2.75, 3.05) is 13.2 Å². The molecule has 24 heavy (non-hydrogen) atoms. The molecule has 142 valence electrons. The van der Waals surface area contributed by atoms with Gasteiger partial charge in [-0.25, -0.2) is 0 Å². The summed E-state index contributed by atoms with van der Waals surface area (Å²) in [5.41, 5.74) is -12.9. The number of fused-ring (bicyclic) bond motifs is 1. The summed E-state index contributed by atoms with van der Waals surface area (Å²) in [5.74, 6) is -0.0289. The van der Waals surface area contributed by atoms with Gasteiger partial charge in [0.2, 0.25) is 0 Å². The monoisotopic (exact) mass is 406 g/mol. The van der Waals surface area contributed by atoms with Crippen molar-refractivity contribution < 1.29 is 51.5 Å². The Morgan fingerprint density at radius 2 is 1.12 bits per heavy atom. The zero-order valence-corrected chi connectivity index (χ0v) is 13.4. The number of hydrogen-bond acceptors (Lipinski definition) is 6. The van der Waals surface area contributed by atoms with E-state index < -0.39 is 49.9 Å². The molecule has 2 unspecified atom stereocenters. The number of alkyl halides is 6. The molecule has 0 N–H and O–H groups in total. The molecule has 0 aromatic heterocycles. The van der Waals surface area contributed by atoms with E-state index in [1.807, 2.05) is 0 Å². The van der Waals surface area contributed by atoms with Crippen LogP contribution in [-0.4, -0.2) is 41.1 Å². The molecule has 0 amide bonds. The number of halogens is 6. The molecule has 2 aliphatic carbocycles. The van der Waals surface area contributed by atoms with Gasteiger partial charge in [0.1, 0.15) is 0 Å². The van der Waals surface area contributed by atoms with Crippen LogP contribution in [0.1, 0.15) is 19.3 Å². The first-order valence-corrected chi connectivity index (χ1v) is 9.32. The van der Waals surface area contributed by atoms with E-state index in [0.29, 0.717) is 6.42 Å². The molecule has 2 atom stereocenters. The maximum absolute atomic E-state index is 12.3. The summed E-state index contributed by atoms with van der Waals surface area (Å²) in [7, 11) is -11.9. The van der Waals surface area contributed by atoms with E-state index in [9.17, 15) is 43.2 Å². The largest absolute Gasteiger partial charge is 0.523 e. The molecular weight excluding hydrogens is 394 g/mol. The molecule has 0 aromatic rings. The fourth-order valence-electron chi connectivity index (χ4n) is 2.82. The van der Waals surface area contributed by atoms with E-state index in [4.69, 9.17) is 0 Å². The van der Waals surface area contributed by atoms with Gasteiger partial charge in [-0.1, -0.05) is 0 Å². The van der Waals surface area contributed by atoms with E-state index in [2.05, 4.69) is 8.37 Å². The summed E-state index contributed by atoms with van der Waals surface area (Å²) in [6.07, 6.45) is 0.747. The minimum atomic E-state index is -5.94. The first-order chi connectivity index (χ1) is 10.6. The second-order valence-corrected chi connectivity index (χ2v) is 9.20. The average molecular weight is 406 g/mol. The van der Waals surface area contributed by atoms with Crippen molar-refractivity contribution in [3.8, 4) is 0 Å². The lowest BCUT2D eigenvalue weighted by molar-refractivity contribution is -0.0622. The minimum Gasteiger partial charge on any atom is -0.262 e. The highest BCUT2D eigenvalue weighted by Gasteiger charge is 2.57. The maximum Gasteiger partial charge on any atom is 0.523 e. The van der Waals surface area contributed by atoms with Crippen molar-refractivity contribution in [2.24, 2.45) is 17.3 Å². The summed E-state index contributed by atoms with van der Waals surface area (Å²) >= 11 is 0. The molecule has 0 bridgehead atoms. The molecule has 6 nitrogen and oxygen atoms in total. The van der Waals surface area contributed by atoms with Crippen LogP contribution in [0.3, 0.4) is 0 Å². The Morgan fingerprint density at radius 3 is 1.42 bits per heavy atom. The fraction of sp³-hybridized carbons (Fsp3) is 1.00. The summed E-state index contributed by atoms with van der Waals surface area (Å²) in [5, 5.41) is 0. The molecule has 0 aliphatic heterocycles. The van der Waals surface area contributed by atoms with Crippen LogP contribution in [-0.2, 0) is 28.6 Å². The molecular formula is C10H12F6O6S2. The van der Waals surface area contributed by atoms with Gasteiger partial charge in [-0.15, -0.1) is 0 Å². The van der Waals surface area contributed by atoms with Crippen LogP contribution >= 0.6 is 0 Å². The van der Waals surface area contributed by atoms with Crippen LogP contribution in [0.2, 0.25) is 0 Å². The average Bonchev–Trinajstić information content (AvgIpc) is 3.00. The second kappa shape index (κ2) is 5.71. The molecule has 2 rings (SSSR count). The Hall–Kier alpha value is -0.600. The summed E-state index contributed by atoms with van der Waals surface area (Å²) in [6.45, 7) is -2.20. The molecule has 2 saturated carbocycles. The van der Waals surface area contributed by atoms with Crippen LogP contribution in [0.25, 0.3) is 0 Å². The standard InChI is InChI=1S/C10H12F6O6S2/c11-9(12,13)23(17,18)21-4-8(2-6-1-7(6)3-8)5-22-24(19,20)10(14,15)16/h6-7H,1-5H2. The maximum atomic E-state index is 12.3. The summed E-state index contributed by atoms with van der Waals surface area (Å²) in [6, 6.07) is 0. The second-order valence-electron chi connectivity index (χ2n) is 5.99. The topological polar surface area (TPSA) is 86.7 Å². The normalized spacial score (nSPS) is 27.1. The molecule has 14 heteroatoms. The molecule has 2 fully saturated rings. The van der Waals surface area contributed by atoms with Crippen molar-refractivity contribution >= 4 is 20.2 Å². The van der Waals surface area contributed by atoms with Crippen LogP contribution in [0.4, 0.5) is 26.3 Å². The Morgan fingerprint density at radius 1 is 0.792 bits per heavy atom. The molecule has 0 aromatic carbocycles. The number of rotatable bonds is 6. The van der Waals surface area contributed by atoms with Crippen molar-refractivity contribution in [1.29, 1.82) is 0 Å². The van der Waals surface area contributed by atoms with Crippen molar-refractivity contribution in [2.45, 2.75) is 30.3 Å². The molecule has 0 saturated heterocycles. The van der Waals surface area contributed by atoms with Gasteiger partial charge in [-0.3, -0.25) is 8.37 Å². The van der Waals surface area contributed by atoms with E-state index in [-0.39, 0.29) is 24.7 Å². The third-order valence-electron chi connectivity index (χ3n) is 4.07. The van der Waals surface area contributed by atoms with Gasteiger partial charge >= 0.3 is 31.3 Å². The Bertz CT molecular complexity index is 634. The van der Waals surface area contributed by atoms with Crippen LogP contribution < -0.4 is 0 Å². The third-order valence-corrected chi connectivity index (χ3v) is 6.06. The van der Waals surface area contributed by atoms with Gasteiger partial charge in [-0.2, -0.15) is 43.2 Å². The highest BCUT2D eigenvalue weighted by molar-refractivity contribution is 7.87. The summed E-state index contributed by atoms with van der Waals surface area (Å²) < 4.78 is 125. The van der Waals surface area contributed by atoms with Gasteiger partial charge in [0.15, 0.2) is 0 Å². The fourth-order valence-corrected chi connectivity index (χ4v) is 3.90. The lowest BCUT2D eigenvalue weighted by Gasteiger charge is -2.29. The van der Waals surface area contributed by atoms with Gasteiger partial charge in [0.25, 0.3) is 0 Å². The number of hydrogen-bond donors (Lipinski definition) is 0. The van der Waals surface area contributed by atoms with E-state index >= 15 is 0 Å². The lowest BCUT2D eigenvalue weighted by Crippen LogP contribution is -2.37. The first-order valence-electron chi connectivity index (χ1n) is 6.50. The predicted octanol–water partition coefficient (Wildman–Crippen LogP) is 2.14. The van der Waals surface area contributed by atoms with Crippen molar-refractivity contribution in [1.82, 2.24) is 0 Å². The zero-order chi connectivity index (χ0) is 18.6. The van der Waals surface area contributed by atoms with E-state index in [1.165, 1.54) is 0 Å². The van der Waals surface area contributed by atoms with Crippen LogP contribution in [0, 0.1) is 17.3 Å². The Labute approximate surface area is 133 Å². The van der Waals surface area contributed by atoms with Crippen LogP contribution in [0.15, 0.2) is 0 Å². The molecule has 0 heterocycles. The lowest BCUT2D eigenvalue weighted by atomic mass is 9.85. The molecule has 0 radical (unpaired) electrons. The van der Waals surface area contributed by atoms with Gasteiger partial charge in [0, 0.05) is 5.41 Å². The quantitative estimate of drug-likeness (QED) is 0.382. The molecule has 2 aliphatic rings. The van der Waals surface area contributed by atoms with Crippen LogP contribution in [0.5, 0.6) is 0 Å². The van der Waals surface area contributed by atoms with Gasteiger partial charge in [-0.05, 0) is 31.1 Å². The van der Waals surface area contributed by atoms with E-state index in [1.54, 1.807) is 0 Å². The van der Waals surface area contributed by atoms with Gasteiger partial charge < -0.3 is 0 Å². The third kappa shape index (κ3) is 3.96. The zero-order valence-electron chi connectivity index (χ0n) is 11.7. The Kier molecular flexibility index (Phi) is 4.69. The minimum absolute atomic E-state index is 0.0145. The summed E-state index contributed by atoms with van der Waals surface area (Å²) in [4.78, 5) is 0. The first kappa shape index (κ1) is 19.7.